The van der Waals surface area contributed by atoms with E-state index in [2.05, 4.69) is 20.9 Å². The van der Waals surface area contributed by atoms with Gasteiger partial charge in [-0.15, -0.1) is 0 Å². The van der Waals surface area contributed by atoms with Crippen molar-refractivity contribution in [3.63, 3.8) is 0 Å². The normalized spacial score (nSPS) is 11.2. The standard InChI is InChI=1S/C17H21FN4O2/c1-19-17(20-9-8-13-4-6-14(18)7-5-13)22-12-16(23)21-11-15-3-2-10-24-15/h2-7,10H,8-9,11-12H2,1H3,(H,21,23)(H2,19,20,22). The van der Waals surface area contributed by atoms with Gasteiger partial charge in [-0.3, -0.25) is 9.79 Å². The van der Waals surface area contributed by atoms with E-state index in [4.69, 9.17) is 4.42 Å². The molecule has 0 radical (unpaired) electrons. The van der Waals surface area contributed by atoms with Crippen LogP contribution in [0.2, 0.25) is 0 Å². The van der Waals surface area contributed by atoms with Gasteiger partial charge in [0.05, 0.1) is 19.4 Å². The molecule has 128 valence electrons. The molecule has 1 amide bonds. The second-order valence-corrected chi connectivity index (χ2v) is 5.09. The Morgan fingerprint density at radius 1 is 1.17 bits per heavy atom. The minimum absolute atomic E-state index is 0.108. The summed E-state index contributed by atoms with van der Waals surface area (Å²) >= 11 is 0. The SMILES string of the molecule is CN=C(NCCc1ccc(F)cc1)NCC(=O)NCc1ccco1. The Morgan fingerprint density at radius 2 is 1.96 bits per heavy atom. The van der Waals surface area contributed by atoms with Crippen molar-refractivity contribution in [2.24, 2.45) is 4.99 Å². The van der Waals surface area contributed by atoms with Gasteiger partial charge in [-0.05, 0) is 36.2 Å². The van der Waals surface area contributed by atoms with Crippen LogP contribution in [0.25, 0.3) is 0 Å². The first-order chi connectivity index (χ1) is 11.7. The molecule has 24 heavy (non-hydrogen) atoms. The van der Waals surface area contributed by atoms with E-state index in [9.17, 15) is 9.18 Å². The highest BCUT2D eigenvalue weighted by molar-refractivity contribution is 5.86. The highest BCUT2D eigenvalue weighted by Crippen LogP contribution is 2.02. The number of benzene rings is 1. The number of nitrogens with one attached hydrogen (secondary N) is 3. The fourth-order valence-electron chi connectivity index (χ4n) is 2.02. The first-order valence-corrected chi connectivity index (χ1v) is 7.65. The van der Waals surface area contributed by atoms with E-state index in [-0.39, 0.29) is 18.3 Å². The van der Waals surface area contributed by atoms with E-state index >= 15 is 0 Å². The Balaban J connectivity index is 1.64. The molecular weight excluding hydrogens is 311 g/mol. The summed E-state index contributed by atoms with van der Waals surface area (Å²) in [5.74, 6) is 0.827. The summed E-state index contributed by atoms with van der Waals surface area (Å²) in [6, 6.07) is 9.93. The molecule has 0 bridgehead atoms. The number of hydrogen-bond acceptors (Lipinski definition) is 3. The predicted octanol–water partition coefficient (Wildman–Crippen LogP) is 1.44. The van der Waals surface area contributed by atoms with Crippen LogP contribution in [-0.2, 0) is 17.8 Å². The van der Waals surface area contributed by atoms with Gasteiger partial charge >= 0.3 is 0 Å². The third-order valence-electron chi connectivity index (χ3n) is 3.30. The van der Waals surface area contributed by atoms with E-state index in [1.807, 2.05) is 0 Å². The number of furan rings is 1. The number of rotatable bonds is 7. The first-order valence-electron chi connectivity index (χ1n) is 7.65. The number of amides is 1. The predicted molar refractivity (Wildman–Crippen MR) is 90.0 cm³/mol. The number of aliphatic imine (C=N–C) groups is 1. The van der Waals surface area contributed by atoms with Crippen LogP contribution in [-0.4, -0.2) is 32.0 Å². The maximum Gasteiger partial charge on any atom is 0.239 e. The van der Waals surface area contributed by atoms with E-state index in [0.717, 1.165) is 12.0 Å². The van der Waals surface area contributed by atoms with Crippen LogP contribution in [0, 0.1) is 5.82 Å². The van der Waals surface area contributed by atoms with E-state index < -0.39 is 0 Å². The smallest absolute Gasteiger partial charge is 0.239 e. The van der Waals surface area contributed by atoms with Crippen molar-refractivity contribution in [2.45, 2.75) is 13.0 Å². The Kier molecular flexibility index (Phi) is 6.82. The lowest BCUT2D eigenvalue weighted by molar-refractivity contribution is -0.120. The van der Waals surface area contributed by atoms with Crippen molar-refractivity contribution in [1.29, 1.82) is 0 Å². The average Bonchev–Trinajstić information content (AvgIpc) is 3.11. The van der Waals surface area contributed by atoms with Crippen LogP contribution < -0.4 is 16.0 Å². The van der Waals surface area contributed by atoms with Crippen molar-refractivity contribution in [1.82, 2.24) is 16.0 Å². The maximum absolute atomic E-state index is 12.8. The number of guanidine groups is 1. The monoisotopic (exact) mass is 332 g/mol. The largest absolute Gasteiger partial charge is 0.467 e. The maximum atomic E-state index is 12.8. The summed E-state index contributed by atoms with van der Waals surface area (Å²) in [5.41, 5.74) is 1.02. The van der Waals surface area contributed by atoms with Gasteiger partial charge in [0, 0.05) is 13.6 Å². The second-order valence-electron chi connectivity index (χ2n) is 5.09. The molecule has 2 rings (SSSR count). The lowest BCUT2D eigenvalue weighted by Crippen LogP contribution is -2.43. The quantitative estimate of drug-likeness (QED) is 0.530. The second kappa shape index (κ2) is 9.34. The molecule has 3 N–H and O–H groups in total. The van der Waals surface area contributed by atoms with Crippen molar-refractivity contribution >= 4 is 11.9 Å². The van der Waals surface area contributed by atoms with Gasteiger partial charge in [0.15, 0.2) is 5.96 Å². The van der Waals surface area contributed by atoms with Crippen LogP contribution in [0.1, 0.15) is 11.3 Å². The molecule has 2 aromatic rings. The van der Waals surface area contributed by atoms with E-state index in [1.54, 1.807) is 37.6 Å². The Bertz CT molecular complexity index is 654. The van der Waals surface area contributed by atoms with Crippen LogP contribution in [0.15, 0.2) is 52.1 Å². The topological polar surface area (TPSA) is 78.7 Å². The Hall–Kier alpha value is -2.83. The zero-order chi connectivity index (χ0) is 17.2. The molecular formula is C17H21FN4O2. The summed E-state index contributed by atoms with van der Waals surface area (Å²) in [7, 11) is 1.63. The molecule has 1 aromatic carbocycles. The minimum Gasteiger partial charge on any atom is -0.467 e. The van der Waals surface area contributed by atoms with E-state index in [0.29, 0.717) is 24.8 Å². The fraction of sp³-hybridized carbons (Fsp3) is 0.294. The summed E-state index contributed by atoms with van der Waals surface area (Å²) in [5, 5.41) is 8.77. The van der Waals surface area contributed by atoms with Gasteiger partial charge in [0.1, 0.15) is 11.6 Å². The molecule has 0 spiro atoms. The zero-order valence-corrected chi connectivity index (χ0v) is 13.5. The van der Waals surface area contributed by atoms with E-state index in [1.165, 1.54) is 12.1 Å². The van der Waals surface area contributed by atoms with Crippen LogP contribution >= 0.6 is 0 Å². The van der Waals surface area contributed by atoms with Crippen molar-refractivity contribution in [2.75, 3.05) is 20.1 Å². The summed E-state index contributed by atoms with van der Waals surface area (Å²) in [6.07, 6.45) is 2.29. The molecule has 1 heterocycles. The number of hydrogen-bond donors (Lipinski definition) is 3. The molecule has 0 saturated heterocycles. The average molecular weight is 332 g/mol. The van der Waals surface area contributed by atoms with Gasteiger partial charge in [0.2, 0.25) is 5.91 Å². The molecule has 0 unspecified atom stereocenters. The zero-order valence-electron chi connectivity index (χ0n) is 13.5. The Morgan fingerprint density at radius 3 is 2.62 bits per heavy atom. The highest BCUT2D eigenvalue weighted by Gasteiger charge is 2.04. The van der Waals surface area contributed by atoms with Gasteiger partial charge in [-0.25, -0.2) is 4.39 Å². The molecule has 0 fully saturated rings. The minimum atomic E-state index is -0.246. The van der Waals surface area contributed by atoms with Crippen molar-refractivity contribution < 1.29 is 13.6 Å². The summed E-state index contributed by atoms with van der Waals surface area (Å²) in [4.78, 5) is 15.8. The lowest BCUT2D eigenvalue weighted by atomic mass is 10.1. The van der Waals surface area contributed by atoms with Gasteiger partial charge in [-0.2, -0.15) is 0 Å². The van der Waals surface area contributed by atoms with Crippen LogP contribution in [0.5, 0.6) is 0 Å². The number of carbonyl (C=O) groups excluding carboxylic acids is 1. The third-order valence-corrected chi connectivity index (χ3v) is 3.30. The van der Waals surface area contributed by atoms with Crippen molar-refractivity contribution in [3.8, 4) is 0 Å². The third kappa shape index (κ3) is 6.12. The van der Waals surface area contributed by atoms with Gasteiger partial charge < -0.3 is 20.4 Å². The van der Waals surface area contributed by atoms with Crippen LogP contribution in [0.3, 0.4) is 0 Å². The molecule has 1 aromatic heterocycles. The van der Waals surface area contributed by atoms with Crippen molar-refractivity contribution in [3.05, 3.63) is 59.8 Å². The molecule has 6 nitrogen and oxygen atoms in total. The fourth-order valence-corrected chi connectivity index (χ4v) is 2.02. The number of nitrogens with zero attached hydrogens (tertiary/aromatic N) is 1. The van der Waals surface area contributed by atoms with Gasteiger partial charge in [0.25, 0.3) is 0 Å². The molecule has 0 aliphatic heterocycles. The summed E-state index contributed by atoms with van der Waals surface area (Å²) < 4.78 is 18.0. The van der Waals surface area contributed by atoms with Crippen LogP contribution in [0.4, 0.5) is 4.39 Å². The number of halogens is 1. The lowest BCUT2D eigenvalue weighted by Gasteiger charge is -2.11. The summed E-state index contributed by atoms with van der Waals surface area (Å²) in [6.45, 7) is 1.08. The molecule has 0 aliphatic carbocycles. The first kappa shape index (κ1) is 17.5. The Labute approximate surface area is 140 Å². The molecule has 0 aliphatic rings. The van der Waals surface area contributed by atoms with Gasteiger partial charge in [-0.1, -0.05) is 12.1 Å². The molecule has 0 atom stereocenters. The molecule has 7 heteroatoms. The molecule has 0 saturated carbocycles. The number of carbonyl (C=O) groups is 1. The highest BCUT2D eigenvalue weighted by atomic mass is 19.1.